The molecule has 3 rings (SSSR count). The summed E-state index contributed by atoms with van der Waals surface area (Å²) in [5, 5.41) is 4.17. The molecule has 0 saturated carbocycles. The van der Waals surface area contributed by atoms with Crippen molar-refractivity contribution in [1.82, 2.24) is 0 Å². The number of rotatable bonds is 6. The van der Waals surface area contributed by atoms with Gasteiger partial charge in [-0.15, -0.1) is 23.1 Å². The molecule has 27 heavy (non-hydrogen) atoms. The van der Waals surface area contributed by atoms with Crippen molar-refractivity contribution in [2.24, 2.45) is 0 Å². The van der Waals surface area contributed by atoms with Gasteiger partial charge < -0.3 is 10.1 Å². The van der Waals surface area contributed by atoms with Crippen LogP contribution in [-0.4, -0.2) is 19.0 Å². The SMILES string of the molecule is COC(=O)c1sccc1NC(=O)C(Sc1ccc(Br)cc1)c1ccccc1. The van der Waals surface area contributed by atoms with E-state index >= 15 is 0 Å². The lowest BCUT2D eigenvalue weighted by molar-refractivity contribution is -0.115. The lowest BCUT2D eigenvalue weighted by Gasteiger charge is -2.17. The Morgan fingerprint density at radius 2 is 1.78 bits per heavy atom. The zero-order chi connectivity index (χ0) is 19.2. The van der Waals surface area contributed by atoms with Gasteiger partial charge in [-0.05, 0) is 41.3 Å². The molecule has 2 aromatic carbocycles. The van der Waals surface area contributed by atoms with Gasteiger partial charge in [0, 0.05) is 9.37 Å². The third-order valence-electron chi connectivity index (χ3n) is 3.70. The molecule has 1 N–H and O–H groups in total. The molecule has 138 valence electrons. The third-order valence-corrected chi connectivity index (χ3v) is 6.39. The van der Waals surface area contributed by atoms with Gasteiger partial charge in [-0.3, -0.25) is 4.79 Å². The van der Waals surface area contributed by atoms with E-state index in [9.17, 15) is 9.59 Å². The highest BCUT2D eigenvalue weighted by atomic mass is 79.9. The van der Waals surface area contributed by atoms with E-state index < -0.39 is 11.2 Å². The molecule has 3 aromatic rings. The van der Waals surface area contributed by atoms with E-state index in [0.29, 0.717) is 10.6 Å². The number of carbonyl (C=O) groups excluding carboxylic acids is 2. The first kappa shape index (κ1) is 19.7. The van der Waals surface area contributed by atoms with Gasteiger partial charge in [0.05, 0.1) is 12.8 Å². The fraction of sp³-hybridized carbons (Fsp3) is 0.100. The average molecular weight is 462 g/mol. The summed E-state index contributed by atoms with van der Waals surface area (Å²) in [6.07, 6.45) is 0. The lowest BCUT2D eigenvalue weighted by atomic mass is 10.1. The minimum absolute atomic E-state index is 0.197. The summed E-state index contributed by atoms with van der Waals surface area (Å²) in [6, 6.07) is 19.1. The minimum Gasteiger partial charge on any atom is -0.465 e. The summed E-state index contributed by atoms with van der Waals surface area (Å²) >= 11 is 6.11. The van der Waals surface area contributed by atoms with Gasteiger partial charge in [0.15, 0.2) is 0 Å². The van der Waals surface area contributed by atoms with Gasteiger partial charge in [0.2, 0.25) is 5.91 Å². The molecular weight excluding hydrogens is 446 g/mol. The molecule has 7 heteroatoms. The maximum atomic E-state index is 13.1. The van der Waals surface area contributed by atoms with Crippen LogP contribution >= 0.6 is 39.0 Å². The summed E-state index contributed by atoms with van der Waals surface area (Å²) in [6.45, 7) is 0. The first-order valence-corrected chi connectivity index (χ1v) is 10.6. The fourth-order valence-corrected chi connectivity index (χ4v) is 4.46. The van der Waals surface area contributed by atoms with Crippen LogP contribution in [0.5, 0.6) is 0 Å². The Morgan fingerprint density at radius 1 is 1.07 bits per heavy atom. The van der Waals surface area contributed by atoms with Crippen molar-refractivity contribution >= 4 is 56.6 Å². The van der Waals surface area contributed by atoms with Gasteiger partial charge in [-0.25, -0.2) is 4.79 Å². The van der Waals surface area contributed by atoms with Crippen LogP contribution in [0.3, 0.4) is 0 Å². The Bertz CT molecular complexity index is 926. The third kappa shape index (κ3) is 5.00. The predicted molar refractivity (Wildman–Crippen MR) is 113 cm³/mol. The van der Waals surface area contributed by atoms with Crippen LogP contribution in [0.15, 0.2) is 75.4 Å². The first-order chi connectivity index (χ1) is 13.1. The van der Waals surface area contributed by atoms with Crippen LogP contribution in [0.1, 0.15) is 20.5 Å². The van der Waals surface area contributed by atoms with E-state index in [2.05, 4.69) is 21.2 Å². The number of hydrogen-bond donors (Lipinski definition) is 1. The summed E-state index contributed by atoms with van der Waals surface area (Å²) in [5.74, 6) is -0.658. The second kappa shape index (κ2) is 9.21. The normalized spacial score (nSPS) is 11.6. The molecule has 0 aliphatic carbocycles. The number of thioether (sulfide) groups is 1. The van der Waals surface area contributed by atoms with Crippen LogP contribution in [0.2, 0.25) is 0 Å². The summed E-state index contributed by atoms with van der Waals surface area (Å²) in [5.41, 5.74) is 1.35. The summed E-state index contributed by atoms with van der Waals surface area (Å²) in [7, 11) is 1.32. The highest BCUT2D eigenvalue weighted by Gasteiger charge is 2.24. The van der Waals surface area contributed by atoms with Crippen molar-refractivity contribution in [2.75, 3.05) is 12.4 Å². The Morgan fingerprint density at radius 3 is 2.44 bits per heavy atom. The van der Waals surface area contributed by atoms with Crippen molar-refractivity contribution < 1.29 is 14.3 Å². The number of thiophene rings is 1. The van der Waals surface area contributed by atoms with E-state index in [1.54, 1.807) is 11.4 Å². The smallest absolute Gasteiger partial charge is 0.350 e. The topological polar surface area (TPSA) is 55.4 Å². The number of ether oxygens (including phenoxy) is 1. The molecule has 1 aromatic heterocycles. The molecule has 0 fully saturated rings. The molecule has 0 radical (unpaired) electrons. The number of esters is 1. The van der Waals surface area contributed by atoms with Crippen molar-refractivity contribution in [2.45, 2.75) is 10.1 Å². The van der Waals surface area contributed by atoms with Crippen LogP contribution < -0.4 is 5.32 Å². The minimum atomic E-state index is -0.461. The molecule has 1 unspecified atom stereocenters. The molecule has 4 nitrogen and oxygen atoms in total. The average Bonchev–Trinajstić information content (AvgIpc) is 3.15. The number of methoxy groups -OCH3 is 1. The maximum absolute atomic E-state index is 13.1. The Labute approximate surface area is 174 Å². The number of anilines is 1. The van der Waals surface area contributed by atoms with Crippen LogP contribution in [0.4, 0.5) is 5.69 Å². The zero-order valence-electron chi connectivity index (χ0n) is 14.3. The molecule has 1 atom stereocenters. The molecule has 1 amide bonds. The van der Waals surface area contributed by atoms with E-state index in [-0.39, 0.29) is 5.91 Å². The largest absolute Gasteiger partial charge is 0.465 e. The molecule has 0 saturated heterocycles. The zero-order valence-corrected chi connectivity index (χ0v) is 17.6. The number of benzene rings is 2. The van der Waals surface area contributed by atoms with Crippen molar-refractivity contribution in [3.05, 3.63) is 81.0 Å². The van der Waals surface area contributed by atoms with E-state index in [4.69, 9.17) is 4.74 Å². The van der Waals surface area contributed by atoms with Gasteiger partial charge in [0.1, 0.15) is 10.1 Å². The molecule has 1 heterocycles. The molecule has 0 spiro atoms. The fourth-order valence-electron chi connectivity index (χ4n) is 2.41. The maximum Gasteiger partial charge on any atom is 0.350 e. The van der Waals surface area contributed by atoms with Crippen LogP contribution in [0.25, 0.3) is 0 Å². The van der Waals surface area contributed by atoms with Gasteiger partial charge in [-0.2, -0.15) is 0 Å². The highest BCUT2D eigenvalue weighted by Crippen LogP contribution is 2.37. The second-order valence-corrected chi connectivity index (χ2v) is 8.52. The van der Waals surface area contributed by atoms with Crippen molar-refractivity contribution in [1.29, 1.82) is 0 Å². The standard InChI is InChI=1S/C20H16BrNO3S2/c1-25-20(24)18-16(11-12-26-18)22-19(23)17(13-5-3-2-4-6-13)27-15-9-7-14(21)8-10-15/h2-12,17H,1H3,(H,22,23). The number of carbonyl (C=O) groups is 2. The molecule has 0 aliphatic heterocycles. The Balaban J connectivity index is 1.86. The summed E-state index contributed by atoms with van der Waals surface area (Å²) in [4.78, 5) is 26.3. The summed E-state index contributed by atoms with van der Waals surface area (Å²) < 4.78 is 5.76. The lowest BCUT2D eigenvalue weighted by Crippen LogP contribution is -2.20. The Hall–Kier alpha value is -2.09. The van der Waals surface area contributed by atoms with Gasteiger partial charge in [0.25, 0.3) is 0 Å². The van der Waals surface area contributed by atoms with Crippen LogP contribution in [0, 0.1) is 0 Å². The van der Waals surface area contributed by atoms with E-state index in [1.165, 1.54) is 30.2 Å². The number of halogens is 1. The second-order valence-electron chi connectivity index (χ2n) is 5.51. The molecule has 0 aliphatic rings. The monoisotopic (exact) mass is 461 g/mol. The van der Waals surface area contributed by atoms with Gasteiger partial charge >= 0.3 is 5.97 Å². The van der Waals surface area contributed by atoms with E-state index in [1.807, 2.05) is 54.6 Å². The number of nitrogens with one attached hydrogen (secondary N) is 1. The number of hydrogen-bond acceptors (Lipinski definition) is 5. The first-order valence-electron chi connectivity index (χ1n) is 8.02. The van der Waals surface area contributed by atoms with Crippen LogP contribution in [-0.2, 0) is 9.53 Å². The quantitative estimate of drug-likeness (QED) is 0.373. The number of amides is 1. The molecule has 0 bridgehead atoms. The predicted octanol–water partition coefficient (Wildman–Crippen LogP) is 5.77. The Kier molecular flexibility index (Phi) is 6.71. The van der Waals surface area contributed by atoms with Crippen molar-refractivity contribution in [3.8, 4) is 0 Å². The van der Waals surface area contributed by atoms with E-state index in [0.717, 1.165) is 14.9 Å². The van der Waals surface area contributed by atoms with Gasteiger partial charge in [-0.1, -0.05) is 46.3 Å². The van der Waals surface area contributed by atoms with Crippen molar-refractivity contribution in [3.63, 3.8) is 0 Å². The highest BCUT2D eigenvalue weighted by molar-refractivity contribution is 9.10. The molecular formula is C20H16BrNO3S2.